The molecule has 4 heteroatoms. The Bertz CT molecular complexity index is 326. The van der Waals surface area contributed by atoms with Gasteiger partial charge in [-0.2, -0.15) is 0 Å². The molecule has 1 fully saturated rings. The molecule has 1 rings (SSSR count). The van der Waals surface area contributed by atoms with Gasteiger partial charge in [0.25, 0.3) is 0 Å². The number of nitrogens with one attached hydrogen (secondary N) is 1. The maximum absolute atomic E-state index is 12.5. The standard InChI is InChI=1S/C15H28N2O2/c1-11(2)12(16-14(19)15(3,4)5)13(18)17-9-7-6-8-10-17/h11-12H,6-10H2,1-5H3,(H,16,19). The first kappa shape index (κ1) is 16.0. The zero-order valence-electron chi connectivity index (χ0n) is 13.0. The summed E-state index contributed by atoms with van der Waals surface area (Å²) in [6, 6.07) is -0.398. The summed E-state index contributed by atoms with van der Waals surface area (Å²) in [7, 11) is 0. The van der Waals surface area contributed by atoms with Crippen LogP contribution in [0.25, 0.3) is 0 Å². The third-order valence-electron chi connectivity index (χ3n) is 3.57. The Kier molecular flexibility index (Phi) is 5.39. The molecule has 0 aromatic rings. The molecule has 1 heterocycles. The Balaban J connectivity index is 2.71. The monoisotopic (exact) mass is 268 g/mol. The first-order chi connectivity index (χ1) is 8.73. The van der Waals surface area contributed by atoms with E-state index in [4.69, 9.17) is 0 Å². The molecule has 0 bridgehead atoms. The maximum atomic E-state index is 12.5. The summed E-state index contributed by atoms with van der Waals surface area (Å²) >= 11 is 0. The Morgan fingerprint density at radius 3 is 2.00 bits per heavy atom. The van der Waals surface area contributed by atoms with E-state index in [2.05, 4.69) is 5.32 Å². The van der Waals surface area contributed by atoms with Gasteiger partial charge in [0.05, 0.1) is 0 Å². The predicted molar refractivity (Wildman–Crippen MR) is 76.7 cm³/mol. The molecular formula is C15H28N2O2. The maximum Gasteiger partial charge on any atom is 0.245 e. The van der Waals surface area contributed by atoms with Crippen molar-refractivity contribution >= 4 is 11.8 Å². The summed E-state index contributed by atoms with van der Waals surface area (Å²) in [5.74, 6) is 0.129. The fourth-order valence-corrected chi connectivity index (χ4v) is 2.18. The molecule has 110 valence electrons. The molecule has 1 aliphatic heterocycles. The van der Waals surface area contributed by atoms with Crippen LogP contribution >= 0.6 is 0 Å². The van der Waals surface area contributed by atoms with Gasteiger partial charge in [-0.25, -0.2) is 0 Å². The fraction of sp³-hybridized carbons (Fsp3) is 0.867. The lowest BCUT2D eigenvalue weighted by Crippen LogP contribution is -2.54. The number of hydrogen-bond donors (Lipinski definition) is 1. The lowest BCUT2D eigenvalue weighted by molar-refractivity contribution is -0.140. The molecule has 0 aliphatic carbocycles. The fourth-order valence-electron chi connectivity index (χ4n) is 2.18. The second-order valence-corrected chi connectivity index (χ2v) is 6.83. The van der Waals surface area contributed by atoms with E-state index < -0.39 is 11.5 Å². The van der Waals surface area contributed by atoms with Gasteiger partial charge in [0, 0.05) is 18.5 Å². The van der Waals surface area contributed by atoms with E-state index in [0.717, 1.165) is 25.9 Å². The molecule has 0 spiro atoms. The Hall–Kier alpha value is -1.06. The van der Waals surface area contributed by atoms with Crippen molar-refractivity contribution in [2.24, 2.45) is 11.3 Å². The Labute approximate surface area is 116 Å². The van der Waals surface area contributed by atoms with E-state index in [1.54, 1.807) is 0 Å². The van der Waals surface area contributed by atoms with Gasteiger partial charge in [-0.15, -0.1) is 0 Å². The molecule has 1 unspecified atom stereocenters. The van der Waals surface area contributed by atoms with Gasteiger partial charge in [-0.05, 0) is 25.2 Å². The van der Waals surface area contributed by atoms with Gasteiger partial charge < -0.3 is 10.2 Å². The SMILES string of the molecule is CC(C)C(NC(=O)C(C)(C)C)C(=O)N1CCCCC1. The number of nitrogens with zero attached hydrogens (tertiary/aromatic N) is 1. The quantitative estimate of drug-likeness (QED) is 0.853. The molecular weight excluding hydrogens is 240 g/mol. The van der Waals surface area contributed by atoms with Crippen LogP contribution in [-0.4, -0.2) is 35.8 Å². The first-order valence-corrected chi connectivity index (χ1v) is 7.33. The van der Waals surface area contributed by atoms with Crippen molar-refractivity contribution < 1.29 is 9.59 Å². The highest BCUT2D eigenvalue weighted by Crippen LogP contribution is 2.17. The summed E-state index contributed by atoms with van der Waals surface area (Å²) in [5.41, 5.74) is -0.463. The van der Waals surface area contributed by atoms with Crippen LogP contribution in [0.2, 0.25) is 0 Å². The van der Waals surface area contributed by atoms with Gasteiger partial charge in [-0.1, -0.05) is 34.6 Å². The van der Waals surface area contributed by atoms with Crippen LogP contribution in [-0.2, 0) is 9.59 Å². The molecule has 19 heavy (non-hydrogen) atoms. The van der Waals surface area contributed by atoms with Crippen LogP contribution < -0.4 is 5.32 Å². The minimum absolute atomic E-state index is 0.0587. The summed E-state index contributed by atoms with van der Waals surface area (Å²) in [4.78, 5) is 26.5. The van der Waals surface area contributed by atoms with Gasteiger partial charge >= 0.3 is 0 Å². The number of amides is 2. The number of carbonyl (C=O) groups is 2. The van der Waals surface area contributed by atoms with Crippen molar-refractivity contribution in [3.05, 3.63) is 0 Å². The summed E-state index contributed by atoms with van der Waals surface area (Å²) in [6.45, 7) is 11.2. The zero-order valence-corrected chi connectivity index (χ0v) is 13.0. The van der Waals surface area contributed by atoms with Crippen molar-refractivity contribution in [3.8, 4) is 0 Å². The van der Waals surface area contributed by atoms with Gasteiger partial charge in [-0.3, -0.25) is 9.59 Å². The average molecular weight is 268 g/mol. The van der Waals surface area contributed by atoms with Crippen LogP contribution in [0.5, 0.6) is 0 Å². The molecule has 0 aromatic carbocycles. The van der Waals surface area contributed by atoms with Crippen LogP contribution in [0.1, 0.15) is 53.9 Å². The molecule has 1 aliphatic rings. The van der Waals surface area contributed by atoms with E-state index in [9.17, 15) is 9.59 Å². The normalized spacial score (nSPS) is 18.3. The molecule has 1 saturated heterocycles. The topological polar surface area (TPSA) is 49.4 Å². The highest BCUT2D eigenvalue weighted by molar-refractivity contribution is 5.89. The first-order valence-electron chi connectivity index (χ1n) is 7.33. The smallest absolute Gasteiger partial charge is 0.245 e. The van der Waals surface area contributed by atoms with Gasteiger partial charge in [0.1, 0.15) is 6.04 Å². The van der Waals surface area contributed by atoms with Crippen molar-refractivity contribution in [1.29, 1.82) is 0 Å². The predicted octanol–water partition coefficient (Wildman–Crippen LogP) is 2.19. The Morgan fingerprint density at radius 1 is 1.05 bits per heavy atom. The summed E-state index contributed by atoms with van der Waals surface area (Å²) in [6.07, 6.45) is 3.35. The number of rotatable bonds is 3. The molecule has 0 aromatic heterocycles. The van der Waals surface area contributed by atoms with Gasteiger partial charge in [0.2, 0.25) is 11.8 Å². The average Bonchev–Trinajstić information content (AvgIpc) is 2.34. The number of carbonyl (C=O) groups excluding carboxylic acids is 2. The third-order valence-corrected chi connectivity index (χ3v) is 3.57. The van der Waals surface area contributed by atoms with Crippen LogP contribution in [0.3, 0.4) is 0 Å². The zero-order chi connectivity index (χ0) is 14.6. The number of hydrogen-bond acceptors (Lipinski definition) is 2. The van der Waals surface area contributed by atoms with Crippen molar-refractivity contribution in [2.45, 2.75) is 59.9 Å². The van der Waals surface area contributed by atoms with E-state index in [-0.39, 0.29) is 17.7 Å². The van der Waals surface area contributed by atoms with Crippen LogP contribution in [0.4, 0.5) is 0 Å². The third kappa shape index (κ3) is 4.51. The Morgan fingerprint density at radius 2 is 1.58 bits per heavy atom. The second-order valence-electron chi connectivity index (χ2n) is 6.83. The molecule has 1 N–H and O–H groups in total. The van der Waals surface area contributed by atoms with E-state index in [0.29, 0.717) is 0 Å². The van der Waals surface area contributed by atoms with Crippen molar-refractivity contribution in [3.63, 3.8) is 0 Å². The van der Waals surface area contributed by atoms with Crippen LogP contribution in [0.15, 0.2) is 0 Å². The van der Waals surface area contributed by atoms with E-state index in [1.807, 2.05) is 39.5 Å². The molecule has 0 radical (unpaired) electrons. The molecule has 1 atom stereocenters. The lowest BCUT2D eigenvalue weighted by Gasteiger charge is -2.33. The second kappa shape index (κ2) is 6.40. The lowest BCUT2D eigenvalue weighted by atomic mass is 9.93. The highest BCUT2D eigenvalue weighted by Gasteiger charge is 2.32. The molecule has 2 amide bonds. The minimum Gasteiger partial charge on any atom is -0.344 e. The number of piperidine rings is 1. The minimum atomic E-state index is -0.463. The molecule has 0 saturated carbocycles. The van der Waals surface area contributed by atoms with E-state index in [1.165, 1.54) is 6.42 Å². The van der Waals surface area contributed by atoms with E-state index >= 15 is 0 Å². The van der Waals surface area contributed by atoms with Crippen molar-refractivity contribution in [1.82, 2.24) is 10.2 Å². The van der Waals surface area contributed by atoms with Gasteiger partial charge in [0.15, 0.2) is 0 Å². The number of likely N-dealkylation sites (tertiary alicyclic amines) is 1. The molecule has 4 nitrogen and oxygen atoms in total. The van der Waals surface area contributed by atoms with Crippen molar-refractivity contribution in [2.75, 3.05) is 13.1 Å². The highest BCUT2D eigenvalue weighted by atomic mass is 16.2. The van der Waals surface area contributed by atoms with Crippen LogP contribution in [0, 0.1) is 11.3 Å². The summed E-state index contributed by atoms with van der Waals surface area (Å²) < 4.78 is 0. The largest absolute Gasteiger partial charge is 0.344 e. The summed E-state index contributed by atoms with van der Waals surface area (Å²) in [5, 5.41) is 2.92.